The predicted molar refractivity (Wildman–Crippen MR) is 126 cm³/mol. The molecule has 0 fully saturated rings. The first kappa shape index (κ1) is 22.5. The Labute approximate surface area is 186 Å². The molecule has 3 rings (SSSR count). The number of allylic oxidation sites excluding steroid dienone is 1. The maximum atomic E-state index is 13.4. The smallest absolute Gasteiger partial charge is 0.324 e. The van der Waals surface area contributed by atoms with Crippen LogP contribution >= 0.6 is 0 Å². The Kier molecular flexibility index (Phi) is 8.62. The Morgan fingerprint density at radius 2 is 1.29 bits per heavy atom. The third-order valence-corrected chi connectivity index (χ3v) is 5.39. The molecule has 0 N–H and O–H groups in total. The van der Waals surface area contributed by atoms with Gasteiger partial charge < -0.3 is 4.74 Å². The van der Waals surface area contributed by atoms with E-state index in [-0.39, 0.29) is 24.5 Å². The van der Waals surface area contributed by atoms with Crippen LogP contribution in [0.25, 0.3) is 0 Å². The molecule has 0 aromatic heterocycles. The highest BCUT2D eigenvalue weighted by Crippen LogP contribution is 2.23. The standard InChI is InChI=1S/C28H31NO2/c1-3-13-23(2)27(28(30)31-22-26-18-11-6-12-19-26)29(20-24-14-7-4-8-15-24)21-25-16-9-5-10-17-25/h3-12,14-19,23,27H,1,13,20-22H2,2H3/t23?,27-/m1/s1. The van der Waals surface area contributed by atoms with Crippen molar-refractivity contribution in [3.8, 4) is 0 Å². The van der Waals surface area contributed by atoms with Gasteiger partial charge in [0, 0.05) is 13.1 Å². The van der Waals surface area contributed by atoms with Gasteiger partial charge in [0.05, 0.1) is 0 Å². The summed E-state index contributed by atoms with van der Waals surface area (Å²) in [7, 11) is 0. The summed E-state index contributed by atoms with van der Waals surface area (Å²) in [6.07, 6.45) is 2.62. The van der Waals surface area contributed by atoms with E-state index in [0.717, 1.165) is 12.0 Å². The number of benzene rings is 3. The van der Waals surface area contributed by atoms with Crippen LogP contribution in [0.1, 0.15) is 30.0 Å². The number of carbonyl (C=O) groups excluding carboxylic acids is 1. The van der Waals surface area contributed by atoms with Gasteiger partial charge in [0.1, 0.15) is 12.6 Å². The van der Waals surface area contributed by atoms with Crippen molar-refractivity contribution in [3.05, 3.63) is 120 Å². The van der Waals surface area contributed by atoms with E-state index >= 15 is 0 Å². The summed E-state index contributed by atoms with van der Waals surface area (Å²) in [6, 6.07) is 30.0. The number of nitrogens with zero attached hydrogens (tertiary/aromatic N) is 1. The number of esters is 1. The van der Waals surface area contributed by atoms with Crippen molar-refractivity contribution in [2.75, 3.05) is 0 Å². The van der Waals surface area contributed by atoms with E-state index in [1.807, 2.05) is 72.8 Å². The lowest BCUT2D eigenvalue weighted by Gasteiger charge is -2.34. The Balaban J connectivity index is 1.85. The molecule has 160 valence electrons. The Morgan fingerprint density at radius 3 is 1.74 bits per heavy atom. The molecule has 0 aliphatic heterocycles. The van der Waals surface area contributed by atoms with Gasteiger partial charge in [0.25, 0.3) is 0 Å². The van der Waals surface area contributed by atoms with Crippen LogP contribution in [0.2, 0.25) is 0 Å². The topological polar surface area (TPSA) is 29.5 Å². The third kappa shape index (κ3) is 6.94. The number of hydrogen-bond donors (Lipinski definition) is 0. The summed E-state index contributed by atoms with van der Waals surface area (Å²) in [4.78, 5) is 15.6. The second kappa shape index (κ2) is 11.9. The van der Waals surface area contributed by atoms with Crippen LogP contribution in [0.3, 0.4) is 0 Å². The van der Waals surface area contributed by atoms with Crippen molar-refractivity contribution in [1.82, 2.24) is 4.90 Å². The van der Waals surface area contributed by atoms with Crippen molar-refractivity contribution in [1.29, 1.82) is 0 Å². The Hall–Kier alpha value is -3.17. The van der Waals surface area contributed by atoms with Crippen LogP contribution in [-0.4, -0.2) is 16.9 Å². The molecule has 3 nitrogen and oxygen atoms in total. The Bertz CT molecular complexity index is 884. The summed E-state index contributed by atoms with van der Waals surface area (Å²) in [5, 5.41) is 0. The molecule has 1 unspecified atom stereocenters. The minimum absolute atomic E-state index is 0.0770. The van der Waals surface area contributed by atoms with E-state index in [9.17, 15) is 4.79 Å². The van der Waals surface area contributed by atoms with Gasteiger partial charge in [-0.2, -0.15) is 0 Å². The first-order chi connectivity index (χ1) is 15.2. The minimum atomic E-state index is -0.373. The van der Waals surface area contributed by atoms with E-state index < -0.39 is 0 Å². The number of hydrogen-bond acceptors (Lipinski definition) is 3. The molecular formula is C28H31NO2. The first-order valence-electron chi connectivity index (χ1n) is 10.8. The molecule has 0 bridgehead atoms. The average molecular weight is 414 g/mol. The van der Waals surface area contributed by atoms with E-state index in [1.54, 1.807) is 0 Å². The lowest BCUT2D eigenvalue weighted by Crippen LogP contribution is -2.45. The van der Waals surface area contributed by atoms with E-state index in [4.69, 9.17) is 4.74 Å². The molecule has 0 heterocycles. The van der Waals surface area contributed by atoms with Gasteiger partial charge in [0.2, 0.25) is 0 Å². The summed E-state index contributed by atoms with van der Waals surface area (Å²) in [5.74, 6) is -0.113. The fraction of sp³-hybridized carbons (Fsp3) is 0.250. The molecule has 0 spiro atoms. The third-order valence-electron chi connectivity index (χ3n) is 5.39. The fourth-order valence-electron chi connectivity index (χ4n) is 3.84. The van der Waals surface area contributed by atoms with Crippen LogP contribution in [0.15, 0.2) is 104 Å². The largest absolute Gasteiger partial charge is 0.460 e. The lowest BCUT2D eigenvalue weighted by molar-refractivity contribution is -0.154. The zero-order chi connectivity index (χ0) is 21.9. The average Bonchev–Trinajstić information content (AvgIpc) is 2.80. The molecule has 31 heavy (non-hydrogen) atoms. The normalized spacial score (nSPS) is 12.8. The molecule has 3 aromatic carbocycles. The van der Waals surface area contributed by atoms with E-state index in [2.05, 4.69) is 42.7 Å². The molecule has 0 aliphatic carbocycles. The second-order valence-corrected chi connectivity index (χ2v) is 7.92. The molecule has 0 aliphatic rings. The van der Waals surface area contributed by atoms with Crippen molar-refractivity contribution in [2.24, 2.45) is 5.92 Å². The highest BCUT2D eigenvalue weighted by atomic mass is 16.5. The second-order valence-electron chi connectivity index (χ2n) is 7.92. The maximum absolute atomic E-state index is 13.4. The number of carbonyl (C=O) groups is 1. The monoisotopic (exact) mass is 413 g/mol. The molecule has 3 aromatic rings. The van der Waals surface area contributed by atoms with Gasteiger partial charge in [-0.3, -0.25) is 9.69 Å². The van der Waals surface area contributed by atoms with Gasteiger partial charge in [-0.25, -0.2) is 0 Å². The highest BCUT2D eigenvalue weighted by molar-refractivity contribution is 5.76. The van der Waals surface area contributed by atoms with Gasteiger partial charge in [-0.15, -0.1) is 6.58 Å². The van der Waals surface area contributed by atoms with Crippen LogP contribution in [0.5, 0.6) is 0 Å². The van der Waals surface area contributed by atoms with Gasteiger partial charge in [-0.05, 0) is 29.0 Å². The molecule has 0 radical (unpaired) electrons. The highest BCUT2D eigenvalue weighted by Gasteiger charge is 2.32. The summed E-state index contributed by atoms with van der Waals surface area (Å²) in [5.41, 5.74) is 3.33. The number of ether oxygens (including phenoxy) is 1. The Morgan fingerprint density at radius 1 is 0.839 bits per heavy atom. The maximum Gasteiger partial charge on any atom is 0.324 e. The first-order valence-corrected chi connectivity index (χ1v) is 10.8. The van der Waals surface area contributed by atoms with Gasteiger partial charge in [0.15, 0.2) is 0 Å². The van der Waals surface area contributed by atoms with Crippen LogP contribution < -0.4 is 0 Å². The molecular weight excluding hydrogens is 382 g/mol. The minimum Gasteiger partial charge on any atom is -0.460 e. The molecule has 0 amide bonds. The quantitative estimate of drug-likeness (QED) is 0.285. The van der Waals surface area contributed by atoms with Crippen molar-refractivity contribution < 1.29 is 9.53 Å². The van der Waals surface area contributed by atoms with Crippen LogP contribution in [0, 0.1) is 5.92 Å². The van der Waals surface area contributed by atoms with Crippen LogP contribution in [-0.2, 0) is 29.2 Å². The molecule has 0 saturated carbocycles. The van der Waals surface area contributed by atoms with Crippen molar-refractivity contribution in [3.63, 3.8) is 0 Å². The molecule has 3 heteroatoms. The van der Waals surface area contributed by atoms with Crippen LogP contribution in [0.4, 0.5) is 0 Å². The van der Waals surface area contributed by atoms with Gasteiger partial charge in [-0.1, -0.05) is 104 Å². The van der Waals surface area contributed by atoms with E-state index in [0.29, 0.717) is 13.1 Å². The molecule has 2 atom stereocenters. The number of rotatable bonds is 11. The van der Waals surface area contributed by atoms with Crippen molar-refractivity contribution >= 4 is 5.97 Å². The fourth-order valence-corrected chi connectivity index (χ4v) is 3.84. The zero-order valence-electron chi connectivity index (χ0n) is 18.2. The van der Waals surface area contributed by atoms with E-state index in [1.165, 1.54) is 11.1 Å². The summed E-state index contributed by atoms with van der Waals surface area (Å²) in [6.45, 7) is 7.61. The van der Waals surface area contributed by atoms with Gasteiger partial charge >= 0.3 is 5.97 Å². The lowest BCUT2D eigenvalue weighted by atomic mass is 9.95. The predicted octanol–water partition coefficient (Wildman–Crippen LogP) is 6.01. The SMILES string of the molecule is C=CCC(C)[C@H](C(=O)OCc1ccccc1)N(Cc1ccccc1)Cc1ccccc1. The summed E-state index contributed by atoms with van der Waals surface area (Å²) >= 11 is 0. The summed E-state index contributed by atoms with van der Waals surface area (Å²) < 4.78 is 5.80. The zero-order valence-corrected chi connectivity index (χ0v) is 18.2. The molecule has 0 saturated heterocycles. The van der Waals surface area contributed by atoms with Crippen molar-refractivity contribution in [2.45, 2.75) is 39.1 Å².